The number of carbonyl (C=O) groups is 1. The first-order valence-electron chi connectivity index (χ1n) is 12.1. The molecule has 1 aromatic rings. The molecule has 0 saturated heterocycles. The van der Waals surface area contributed by atoms with E-state index in [9.17, 15) is 14.3 Å². The highest BCUT2D eigenvalue weighted by molar-refractivity contribution is 7.52. The molecule has 2 N–H and O–H groups in total. The van der Waals surface area contributed by atoms with Crippen LogP contribution in [-0.2, 0) is 33.3 Å². The first-order chi connectivity index (χ1) is 15.4. The summed E-state index contributed by atoms with van der Waals surface area (Å²) in [6, 6.07) is 1.01. The van der Waals surface area contributed by atoms with Crippen LogP contribution in [-0.4, -0.2) is 50.9 Å². The standard InChI is InChI=1S/C24H42NO6PSi/c1-8-17(3)31-32(27,28)14-12-25-11-10-20-19(9-2)18(4)21-16-30-24(26)22(21)23(20)29-13-15-33(5,6)7/h17,25H,8-16H2,1-7H3,(H,27,28). The van der Waals surface area contributed by atoms with Crippen LogP contribution < -0.4 is 10.1 Å². The number of esters is 1. The van der Waals surface area contributed by atoms with Crippen molar-refractivity contribution in [2.24, 2.45) is 0 Å². The van der Waals surface area contributed by atoms with Crippen molar-refractivity contribution in [3.05, 3.63) is 27.8 Å². The van der Waals surface area contributed by atoms with Crippen LogP contribution in [0.25, 0.3) is 0 Å². The van der Waals surface area contributed by atoms with E-state index in [0.717, 1.165) is 29.2 Å². The molecule has 0 radical (unpaired) electrons. The first kappa shape index (κ1) is 28.1. The van der Waals surface area contributed by atoms with Crippen LogP contribution in [0.1, 0.15) is 59.8 Å². The topological polar surface area (TPSA) is 94.1 Å². The van der Waals surface area contributed by atoms with Crippen molar-refractivity contribution in [2.75, 3.05) is 25.9 Å². The van der Waals surface area contributed by atoms with Crippen molar-refractivity contribution in [3.63, 3.8) is 0 Å². The van der Waals surface area contributed by atoms with Crippen LogP contribution in [0.2, 0.25) is 25.7 Å². The average Bonchev–Trinajstić information content (AvgIpc) is 3.10. The molecule has 7 nitrogen and oxygen atoms in total. The molecule has 0 aromatic heterocycles. The van der Waals surface area contributed by atoms with E-state index in [4.69, 9.17) is 14.0 Å². The van der Waals surface area contributed by atoms with Gasteiger partial charge in [0, 0.05) is 20.2 Å². The summed E-state index contributed by atoms with van der Waals surface area (Å²) in [7, 11) is -4.89. The van der Waals surface area contributed by atoms with Gasteiger partial charge in [-0.05, 0) is 62.4 Å². The number of hydrogen-bond donors (Lipinski definition) is 2. The highest BCUT2D eigenvalue weighted by Gasteiger charge is 2.32. The fourth-order valence-corrected chi connectivity index (χ4v) is 5.93. The Kier molecular flexibility index (Phi) is 10.2. The van der Waals surface area contributed by atoms with E-state index in [1.165, 1.54) is 5.56 Å². The van der Waals surface area contributed by atoms with E-state index >= 15 is 0 Å². The zero-order valence-electron chi connectivity index (χ0n) is 21.4. The Morgan fingerprint density at radius 2 is 1.91 bits per heavy atom. The number of cyclic esters (lactones) is 1. The van der Waals surface area contributed by atoms with Gasteiger partial charge in [0.05, 0.1) is 18.9 Å². The molecule has 1 aliphatic heterocycles. The minimum atomic E-state index is -3.60. The highest BCUT2D eigenvalue weighted by atomic mass is 31.2. The fraction of sp³-hybridized carbons (Fsp3) is 0.708. The molecule has 0 fully saturated rings. The minimum Gasteiger partial charge on any atom is -0.493 e. The van der Waals surface area contributed by atoms with E-state index in [0.29, 0.717) is 50.5 Å². The number of nitrogens with one attached hydrogen (secondary N) is 1. The van der Waals surface area contributed by atoms with Gasteiger partial charge in [0.15, 0.2) is 0 Å². The normalized spacial score (nSPS) is 16.3. The Hall–Kier alpha value is -1.18. The van der Waals surface area contributed by atoms with Crippen molar-refractivity contribution >= 4 is 21.6 Å². The van der Waals surface area contributed by atoms with E-state index in [-0.39, 0.29) is 18.2 Å². The summed E-state index contributed by atoms with van der Waals surface area (Å²) in [4.78, 5) is 22.6. The van der Waals surface area contributed by atoms with Crippen LogP contribution in [0.5, 0.6) is 5.75 Å². The Balaban J connectivity index is 2.16. The molecule has 33 heavy (non-hydrogen) atoms. The van der Waals surface area contributed by atoms with Crippen LogP contribution >= 0.6 is 7.60 Å². The smallest absolute Gasteiger partial charge is 0.342 e. The van der Waals surface area contributed by atoms with Crippen molar-refractivity contribution in [2.45, 2.75) is 85.4 Å². The van der Waals surface area contributed by atoms with Gasteiger partial charge in [-0.3, -0.25) is 4.57 Å². The van der Waals surface area contributed by atoms with Crippen LogP contribution in [0.4, 0.5) is 0 Å². The lowest BCUT2D eigenvalue weighted by Gasteiger charge is -2.22. The Labute approximate surface area is 200 Å². The largest absolute Gasteiger partial charge is 0.493 e. The minimum absolute atomic E-state index is 0.0626. The average molecular weight is 500 g/mol. The van der Waals surface area contributed by atoms with Crippen LogP contribution in [0, 0.1) is 6.92 Å². The number of hydrogen-bond acceptors (Lipinski definition) is 6. The highest BCUT2D eigenvalue weighted by Crippen LogP contribution is 2.43. The Morgan fingerprint density at radius 1 is 1.21 bits per heavy atom. The molecule has 2 rings (SSSR count). The second-order valence-electron chi connectivity index (χ2n) is 10.0. The maximum absolute atomic E-state index is 12.6. The van der Waals surface area contributed by atoms with Crippen molar-refractivity contribution in [1.29, 1.82) is 0 Å². The molecule has 188 valence electrons. The van der Waals surface area contributed by atoms with Gasteiger partial charge in [0.1, 0.15) is 17.9 Å². The molecule has 1 heterocycles. The molecule has 1 aromatic carbocycles. The monoisotopic (exact) mass is 499 g/mol. The molecule has 1 aliphatic rings. The van der Waals surface area contributed by atoms with Gasteiger partial charge in [-0.1, -0.05) is 33.5 Å². The summed E-state index contributed by atoms with van der Waals surface area (Å²) < 4.78 is 29.1. The molecule has 0 spiro atoms. The summed E-state index contributed by atoms with van der Waals surface area (Å²) in [5.74, 6) is 0.360. The number of rotatable bonds is 14. The van der Waals surface area contributed by atoms with Gasteiger partial charge in [0.2, 0.25) is 0 Å². The molecule has 0 amide bonds. The molecule has 0 saturated carbocycles. The van der Waals surface area contributed by atoms with Crippen LogP contribution in [0.3, 0.4) is 0 Å². The van der Waals surface area contributed by atoms with Crippen molar-refractivity contribution in [3.8, 4) is 5.75 Å². The molecular formula is C24H42NO6PSi. The van der Waals surface area contributed by atoms with Gasteiger partial charge < -0.3 is 24.2 Å². The number of carbonyl (C=O) groups excluding carboxylic acids is 1. The molecule has 0 aliphatic carbocycles. The fourth-order valence-electron chi connectivity index (χ4n) is 3.96. The lowest BCUT2D eigenvalue weighted by atomic mass is 9.89. The molecular weight excluding hydrogens is 457 g/mol. The van der Waals surface area contributed by atoms with Gasteiger partial charge in [0.25, 0.3) is 0 Å². The molecule has 2 unspecified atom stereocenters. The zero-order chi connectivity index (χ0) is 24.8. The van der Waals surface area contributed by atoms with E-state index in [1.54, 1.807) is 6.92 Å². The van der Waals surface area contributed by atoms with Crippen molar-refractivity contribution in [1.82, 2.24) is 5.32 Å². The summed E-state index contributed by atoms with van der Waals surface area (Å²) in [6.07, 6.45) is 2.01. The second-order valence-corrected chi connectivity index (χ2v) is 17.6. The van der Waals surface area contributed by atoms with E-state index < -0.39 is 15.7 Å². The lowest BCUT2D eigenvalue weighted by molar-refractivity contribution is 0.0532. The number of ether oxygens (including phenoxy) is 2. The zero-order valence-corrected chi connectivity index (χ0v) is 23.3. The number of fused-ring (bicyclic) bond motifs is 1. The quantitative estimate of drug-likeness (QED) is 0.160. The summed E-state index contributed by atoms with van der Waals surface area (Å²) in [5, 5.41) is 3.26. The van der Waals surface area contributed by atoms with Gasteiger partial charge in [-0.2, -0.15) is 0 Å². The van der Waals surface area contributed by atoms with Gasteiger partial charge in [-0.25, -0.2) is 4.79 Å². The molecule has 9 heteroatoms. The third-order valence-electron chi connectivity index (χ3n) is 6.12. The first-order valence-corrected chi connectivity index (χ1v) is 17.5. The van der Waals surface area contributed by atoms with Crippen molar-refractivity contribution < 1.29 is 28.3 Å². The summed E-state index contributed by atoms with van der Waals surface area (Å²) in [6.45, 7) is 16.7. The molecule has 2 atom stereocenters. The maximum atomic E-state index is 12.6. The maximum Gasteiger partial charge on any atom is 0.342 e. The predicted octanol–water partition coefficient (Wildman–Crippen LogP) is 5.08. The summed E-state index contributed by atoms with van der Waals surface area (Å²) >= 11 is 0. The third kappa shape index (κ3) is 7.93. The SMILES string of the molecule is CCc1c(C)c2c(c(OCC[Si](C)(C)C)c1CCNCCP(=O)(O)OC(C)CC)C(=O)OC2. The predicted molar refractivity (Wildman–Crippen MR) is 135 cm³/mol. The van der Waals surface area contributed by atoms with E-state index in [2.05, 4.69) is 38.8 Å². The van der Waals surface area contributed by atoms with Gasteiger partial charge in [-0.15, -0.1) is 0 Å². The third-order valence-corrected chi connectivity index (χ3v) is 9.30. The lowest BCUT2D eigenvalue weighted by Crippen LogP contribution is -2.24. The number of benzene rings is 1. The van der Waals surface area contributed by atoms with Gasteiger partial charge >= 0.3 is 13.6 Å². The van der Waals surface area contributed by atoms with E-state index in [1.807, 2.05) is 6.92 Å². The molecule has 0 bridgehead atoms. The Morgan fingerprint density at radius 3 is 2.52 bits per heavy atom. The van der Waals surface area contributed by atoms with Crippen LogP contribution in [0.15, 0.2) is 0 Å². The summed E-state index contributed by atoms with van der Waals surface area (Å²) in [5.41, 5.74) is 4.87. The second kappa shape index (κ2) is 12.0. The Bertz CT molecular complexity index is 883.